The average Bonchev–Trinajstić information content (AvgIpc) is 2.73. The van der Waals surface area contributed by atoms with Crippen LogP contribution in [0.15, 0.2) is 0 Å². The average molecular weight is 210 g/mol. The Hall–Kier alpha value is -0.0800. The van der Waals surface area contributed by atoms with Gasteiger partial charge in [0.1, 0.15) is 5.60 Å². The summed E-state index contributed by atoms with van der Waals surface area (Å²) in [6.45, 7) is 6.72. The largest absolute Gasteiger partial charge is 0.390 e. The number of hydrogen-bond donors (Lipinski definition) is 1. The van der Waals surface area contributed by atoms with Crippen LogP contribution in [-0.4, -0.2) is 22.4 Å². The normalized spacial score (nSPS) is 56.8. The Balaban J connectivity index is 1.91. The molecule has 0 amide bonds. The van der Waals surface area contributed by atoms with Crippen molar-refractivity contribution < 1.29 is 9.84 Å². The van der Waals surface area contributed by atoms with Gasteiger partial charge in [-0.2, -0.15) is 0 Å². The maximum Gasteiger partial charge on any atom is 0.101 e. The molecule has 1 saturated heterocycles. The van der Waals surface area contributed by atoms with Gasteiger partial charge in [0, 0.05) is 6.42 Å². The first kappa shape index (κ1) is 10.1. The molecule has 0 bridgehead atoms. The molecule has 3 rings (SSSR count). The predicted molar refractivity (Wildman–Crippen MR) is 58.6 cm³/mol. The van der Waals surface area contributed by atoms with Gasteiger partial charge in [0.15, 0.2) is 0 Å². The summed E-state index contributed by atoms with van der Waals surface area (Å²) in [6.07, 6.45) is 5.88. The highest BCUT2D eigenvalue weighted by molar-refractivity contribution is 5.18. The first-order chi connectivity index (χ1) is 6.86. The van der Waals surface area contributed by atoms with Crippen molar-refractivity contribution in [2.45, 2.75) is 70.2 Å². The van der Waals surface area contributed by atoms with Gasteiger partial charge in [-0.15, -0.1) is 0 Å². The summed E-state index contributed by atoms with van der Waals surface area (Å²) in [5, 5.41) is 10.2. The maximum absolute atomic E-state index is 10.2. The van der Waals surface area contributed by atoms with Gasteiger partial charge in [-0.25, -0.2) is 0 Å². The van der Waals surface area contributed by atoms with Crippen molar-refractivity contribution in [1.82, 2.24) is 0 Å². The van der Waals surface area contributed by atoms with Gasteiger partial charge in [-0.3, -0.25) is 0 Å². The van der Waals surface area contributed by atoms with E-state index < -0.39 is 5.60 Å². The van der Waals surface area contributed by atoms with Crippen LogP contribution in [0.4, 0.5) is 0 Å². The van der Waals surface area contributed by atoms with Crippen LogP contribution in [0, 0.1) is 11.3 Å². The quantitative estimate of drug-likeness (QED) is 0.623. The van der Waals surface area contributed by atoms with Gasteiger partial charge in [0.05, 0.1) is 11.7 Å². The summed E-state index contributed by atoms with van der Waals surface area (Å²) < 4.78 is 5.98. The monoisotopic (exact) mass is 210 g/mol. The summed E-state index contributed by atoms with van der Waals surface area (Å²) >= 11 is 0. The van der Waals surface area contributed by atoms with Crippen LogP contribution in [0.25, 0.3) is 0 Å². The molecule has 1 aliphatic heterocycles. The third kappa shape index (κ3) is 1.31. The van der Waals surface area contributed by atoms with E-state index in [0.717, 1.165) is 19.3 Å². The Labute approximate surface area is 92.0 Å². The van der Waals surface area contributed by atoms with Crippen LogP contribution < -0.4 is 0 Å². The smallest absolute Gasteiger partial charge is 0.101 e. The Morgan fingerprint density at radius 3 is 2.60 bits per heavy atom. The Morgan fingerprint density at radius 1 is 1.13 bits per heavy atom. The van der Waals surface area contributed by atoms with Crippen molar-refractivity contribution in [3.63, 3.8) is 0 Å². The van der Waals surface area contributed by atoms with Gasteiger partial charge in [0.25, 0.3) is 0 Å². The SMILES string of the molecule is CC1(O)CCC2C(C)(C)CCC3OC32C1. The molecule has 3 fully saturated rings. The van der Waals surface area contributed by atoms with E-state index in [1.165, 1.54) is 12.8 Å². The van der Waals surface area contributed by atoms with E-state index >= 15 is 0 Å². The minimum atomic E-state index is -0.487. The molecule has 4 atom stereocenters. The van der Waals surface area contributed by atoms with Gasteiger partial charge < -0.3 is 9.84 Å². The van der Waals surface area contributed by atoms with Crippen molar-refractivity contribution in [2.24, 2.45) is 11.3 Å². The first-order valence-corrected chi connectivity index (χ1v) is 6.26. The van der Waals surface area contributed by atoms with E-state index in [1.54, 1.807) is 0 Å². The number of epoxide rings is 1. The summed E-state index contributed by atoms with van der Waals surface area (Å²) in [5.74, 6) is 0.670. The number of aliphatic hydroxyl groups is 1. The summed E-state index contributed by atoms with van der Waals surface area (Å²) in [7, 11) is 0. The summed E-state index contributed by atoms with van der Waals surface area (Å²) in [5.41, 5.74) is -0.0222. The molecule has 86 valence electrons. The lowest BCUT2D eigenvalue weighted by molar-refractivity contribution is -0.0647. The van der Waals surface area contributed by atoms with Crippen molar-refractivity contribution in [2.75, 3.05) is 0 Å². The molecule has 1 heterocycles. The summed E-state index contributed by atoms with van der Waals surface area (Å²) in [6, 6.07) is 0. The zero-order chi connectivity index (χ0) is 10.9. The highest BCUT2D eigenvalue weighted by atomic mass is 16.6. The molecule has 2 nitrogen and oxygen atoms in total. The molecule has 1 N–H and O–H groups in total. The molecule has 1 spiro atoms. The minimum Gasteiger partial charge on any atom is -0.390 e. The number of ether oxygens (including phenoxy) is 1. The first-order valence-electron chi connectivity index (χ1n) is 6.26. The van der Waals surface area contributed by atoms with E-state index in [1.807, 2.05) is 6.92 Å². The predicted octanol–water partition coefficient (Wildman–Crippen LogP) is 2.50. The Bertz CT molecular complexity index is 295. The van der Waals surface area contributed by atoms with Crippen molar-refractivity contribution in [3.8, 4) is 0 Å². The molecule has 0 aromatic heterocycles. The minimum absolute atomic E-state index is 0.0590. The Morgan fingerprint density at radius 2 is 1.87 bits per heavy atom. The van der Waals surface area contributed by atoms with Crippen molar-refractivity contribution in [3.05, 3.63) is 0 Å². The second kappa shape index (κ2) is 2.60. The molecule has 2 heteroatoms. The molecular weight excluding hydrogens is 188 g/mol. The van der Waals surface area contributed by atoms with Gasteiger partial charge in [0.2, 0.25) is 0 Å². The van der Waals surface area contributed by atoms with Crippen LogP contribution in [0.2, 0.25) is 0 Å². The van der Waals surface area contributed by atoms with E-state index in [9.17, 15) is 5.11 Å². The van der Waals surface area contributed by atoms with Gasteiger partial charge >= 0.3 is 0 Å². The fraction of sp³-hybridized carbons (Fsp3) is 1.00. The van der Waals surface area contributed by atoms with E-state index in [-0.39, 0.29) is 5.60 Å². The summed E-state index contributed by atoms with van der Waals surface area (Å²) in [4.78, 5) is 0. The van der Waals surface area contributed by atoms with E-state index in [0.29, 0.717) is 17.4 Å². The second-order valence-electron chi connectivity index (χ2n) is 6.85. The van der Waals surface area contributed by atoms with E-state index in [2.05, 4.69) is 13.8 Å². The van der Waals surface area contributed by atoms with E-state index in [4.69, 9.17) is 4.74 Å². The van der Waals surface area contributed by atoms with Crippen LogP contribution in [0.5, 0.6) is 0 Å². The van der Waals surface area contributed by atoms with Crippen LogP contribution >= 0.6 is 0 Å². The van der Waals surface area contributed by atoms with Crippen LogP contribution in [0.1, 0.15) is 52.9 Å². The van der Waals surface area contributed by atoms with Crippen LogP contribution in [0.3, 0.4) is 0 Å². The molecule has 0 radical (unpaired) electrons. The maximum atomic E-state index is 10.2. The second-order valence-corrected chi connectivity index (χ2v) is 6.85. The fourth-order valence-corrected chi connectivity index (χ4v) is 4.23. The zero-order valence-electron chi connectivity index (χ0n) is 10.0. The molecule has 2 saturated carbocycles. The molecule has 15 heavy (non-hydrogen) atoms. The highest BCUT2D eigenvalue weighted by Crippen LogP contribution is 2.64. The molecule has 3 aliphatic rings. The van der Waals surface area contributed by atoms with Crippen LogP contribution in [-0.2, 0) is 4.74 Å². The topological polar surface area (TPSA) is 32.8 Å². The zero-order valence-corrected chi connectivity index (χ0v) is 10.0. The molecule has 4 unspecified atom stereocenters. The third-order valence-corrected chi connectivity index (χ3v) is 5.06. The van der Waals surface area contributed by atoms with Gasteiger partial charge in [-0.1, -0.05) is 13.8 Å². The lowest BCUT2D eigenvalue weighted by Gasteiger charge is -2.48. The molecular formula is C13H22O2. The standard InChI is InChI=1S/C13H22O2/c1-11(2)6-5-10-13(15-10)8-12(3,14)7-4-9(11)13/h9-10,14H,4-8H2,1-3H3. The fourth-order valence-electron chi connectivity index (χ4n) is 4.23. The highest BCUT2D eigenvalue weighted by Gasteiger charge is 2.69. The molecule has 0 aromatic rings. The molecule has 2 aliphatic carbocycles. The Kier molecular flexibility index (Phi) is 1.75. The van der Waals surface area contributed by atoms with Gasteiger partial charge in [-0.05, 0) is 43.9 Å². The van der Waals surface area contributed by atoms with Crippen molar-refractivity contribution >= 4 is 0 Å². The number of rotatable bonds is 0. The third-order valence-electron chi connectivity index (χ3n) is 5.06. The van der Waals surface area contributed by atoms with Crippen molar-refractivity contribution in [1.29, 1.82) is 0 Å². The lowest BCUT2D eigenvalue weighted by atomic mass is 9.56. The molecule has 0 aromatic carbocycles. The lowest BCUT2D eigenvalue weighted by Crippen LogP contribution is -2.50. The number of hydrogen-bond acceptors (Lipinski definition) is 2.